The van der Waals surface area contributed by atoms with Gasteiger partial charge in [-0.05, 0) is 30.3 Å². The molecule has 0 amide bonds. The summed E-state index contributed by atoms with van der Waals surface area (Å²) in [5.74, 6) is -0.536. The van der Waals surface area contributed by atoms with Gasteiger partial charge in [0.25, 0.3) is 10.0 Å². The Balaban J connectivity index is 1.62. The van der Waals surface area contributed by atoms with Gasteiger partial charge in [-0.25, -0.2) is 13.2 Å². The molecule has 0 atom stereocenters. The van der Waals surface area contributed by atoms with E-state index in [1.807, 2.05) is 12.1 Å². The number of anilines is 2. The maximum absolute atomic E-state index is 12.8. The zero-order chi connectivity index (χ0) is 19.0. The summed E-state index contributed by atoms with van der Waals surface area (Å²) in [5, 5.41) is 0. The highest BCUT2D eigenvalue weighted by Crippen LogP contribution is 2.24. The second-order valence-electron chi connectivity index (χ2n) is 6.31. The molecular weight excluding hydrogens is 370 g/mol. The number of aryl methyl sites for hydroxylation is 1. The molecular formula is C18H19N3O5S. The van der Waals surface area contributed by atoms with E-state index in [-0.39, 0.29) is 10.5 Å². The summed E-state index contributed by atoms with van der Waals surface area (Å²) in [4.78, 5) is 13.8. The lowest BCUT2D eigenvalue weighted by atomic mass is 10.2. The number of nitrogens with zero attached hydrogens (tertiary/aromatic N) is 2. The van der Waals surface area contributed by atoms with E-state index in [4.69, 9.17) is 9.15 Å². The predicted molar refractivity (Wildman–Crippen MR) is 102 cm³/mol. The Morgan fingerprint density at radius 1 is 1.07 bits per heavy atom. The third kappa shape index (κ3) is 3.43. The van der Waals surface area contributed by atoms with Crippen molar-refractivity contribution in [2.24, 2.45) is 7.05 Å². The summed E-state index contributed by atoms with van der Waals surface area (Å²) in [6.07, 6.45) is 0. The summed E-state index contributed by atoms with van der Waals surface area (Å²) in [6.45, 7) is 2.83. The molecule has 142 valence electrons. The van der Waals surface area contributed by atoms with Gasteiger partial charge in [-0.1, -0.05) is 6.07 Å². The van der Waals surface area contributed by atoms with Crippen molar-refractivity contribution in [3.8, 4) is 0 Å². The van der Waals surface area contributed by atoms with Crippen LogP contribution in [0.4, 0.5) is 11.4 Å². The molecule has 1 aliphatic heterocycles. The van der Waals surface area contributed by atoms with Crippen LogP contribution in [0, 0.1) is 0 Å². The number of ether oxygens (including phenoxy) is 1. The van der Waals surface area contributed by atoms with Crippen LogP contribution in [0.25, 0.3) is 11.1 Å². The number of hydrogen-bond acceptors (Lipinski definition) is 6. The van der Waals surface area contributed by atoms with E-state index in [9.17, 15) is 13.2 Å². The van der Waals surface area contributed by atoms with Crippen LogP contribution in [0.3, 0.4) is 0 Å². The molecule has 2 heterocycles. The molecule has 27 heavy (non-hydrogen) atoms. The number of morpholine rings is 1. The molecule has 0 spiro atoms. The average Bonchev–Trinajstić information content (AvgIpc) is 2.96. The lowest BCUT2D eigenvalue weighted by molar-refractivity contribution is 0.122. The van der Waals surface area contributed by atoms with Gasteiger partial charge >= 0.3 is 5.76 Å². The summed E-state index contributed by atoms with van der Waals surface area (Å²) in [5.41, 5.74) is 2.16. The summed E-state index contributed by atoms with van der Waals surface area (Å²) >= 11 is 0. The number of nitrogens with one attached hydrogen (secondary N) is 1. The van der Waals surface area contributed by atoms with Crippen molar-refractivity contribution >= 4 is 32.5 Å². The highest BCUT2D eigenvalue weighted by atomic mass is 32.2. The van der Waals surface area contributed by atoms with Gasteiger partial charge in [-0.15, -0.1) is 0 Å². The first-order valence-electron chi connectivity index (χ1n) is 8.49. The molecule has 1 saturated heterocycles. The van der Waals surface area contributed by atoms with Gasteiger partial charge in [0.05, 0.1) is 29.3 Å². The minimum Gasteiger partial charge on any atom is -0.408 e. The lowest BCUT2D eigenvalue weighted by Crippen LogP contribution is -2.36. The number of rotatable bonds is 4. The second kappa shape index (κ2) is 6.75. The van der Waals surface area contributed by atoms with Crippen LogP contribution in [0.1, 0.15) is 0 Å². The number of aromatic nitrogens is 1. The van der Waals surface area contributed by atoms with Gasteiger partial charge < -0.3 is 14.1 Å². The van der Waals surface area contributed by atoms with E-state index in [0.29, 0.717) is 24.4 Å². The minimum atomic E-state index is -3.82. The van der Waals surface area contributed by atoms with Crippen molar-refractivity contribution in [3.05, 3.63) is 53.0 Å². The van der Waals surface area contributed by atoms with Crippen molar-refractivity contribution in [1.82, 2.24) is 4.57 Å². The molecule has 8 nitrogen and oxygen atoms in total. The zero-order valence-electron chi connectivity index (χ0n) is 14.7. The Morgan fingerprint density at radius 3 is 2.63 bits per heavy atom. The normalized spacial score (nSPS) is 15.2. The number of sulfonamides is 1. The van der Waals surface area contributed by atoms with Crippen LogP contribution in [0.5, 0.6) is 0 Å². The van der Waals surface area contributed by atoms with E-state index in [0.717, 1.165) is 18.8 Å². The van der Waals surface area contributed by atoms with Crippen LogP contribution >= 0.6 is 0 Å². The standard InChI is InChI=1S/C18H19N3O5S/c1-20-16-6-5-15(12-17(16)26-18(20)22)27(23,24)19-13-3-2-4-14(11-13)21-7-9-25-10-8-21/h2-6,11-12,19H,7-10H2,1H3. The SMILES string of the molecule is Cn1c(=O)oc2cc(S(=O)(=O)Nc3cccc(N4CCOCC4)c3)ccc21. The highest BCUT2D eigenvalue weighted by molar-refractivity contribution is 7.92. The monoisotopic (exact) mass is 389 g/mol. The molecule has 2 aromatic carbocycles. The molecule has 0 bridgehead atoms. The zero-order valence-corrected chi connectivity index (χ0v) is 15.5. The third-order valence-corrected chi connectivity index (χ3v) is 5.93. The molecule has 0 unspecified atom stereocenters. The van der Waals surface area contributed by atoms with E-state index in [2.05, 4.69) is 9.62 Å². The number of benzene rings is 2. The first-order valence-corrected chi connectivity index (χ1v) is 9.97. The first kappa shape index (κ1) is 17.6. The van der Waals surface area contributed by atoms with E-state index in [1.54, 1.807) is 25.2 Å². The number of hydrogen-bond donors (Lipinski definition) is 1. The Bertz CT molecular complexity index is 1140. The van der Waals surface area contributed by atoms with Crippen molar-refractivity contribution in [1.29, 1.82) is 0 Å². The molecule has 0 radical (unpaired) electrons. The summed E-state index contributed by atoms with van der Waals surface area (Å²) in [6, 6.07) is 11.6. The first-order chi connectivity index (χ1) is 12.9. The molecule has 1 aromatic heterocycles. The van der Waals surface area contributed by atoms with Gasteiger partial charge in [0.15, 0.2) is 5.58 Å². The van der Waals surface area contributed by atoms with Crippen molar-refractivity contribution in [3.63, 3.8) is 0 Å². The molecule has 1 N–H and O–H groups in total. The van der Waals surface area contributed by atoms with Gasteiger partial charge in [0.1, 0.15) is 0 Å². The molecule has 4 rings (SSSR count). The quantitative estimate of drug-likeness (QED) is 0.731. The smallest absolute Gasteiger partial charge is 0.408 e. The Morgan fingerprint density at radius 2 is 1.85 bits per heavy atom. The Labute approximate surface area is 156 Å². The average molecular weight is 389 g/mol. The molecule has 1 fully saturated rings. The third-order valence-electron chi connectivity index (χ3n) is 4.55. The van der Waals surface area contributed by atoms with Gasteiger partial charge in [0.2, 0.25) is 0 Å². The van der Waals surface area contributed by atoms with Crippen LogP contribution in [-0.4, -0.2) is 39.3 Å². The molecule has 0 saturated carbocycles. The molecule has 9 heteroatoms. The minimum absolute atomic E-state index is 0.0288. The highest BCUT2D eigenvalue weighted by Gasteiger charge is 2.18. The van der Waals surface area contributed by atoms with Crippen LogP contribution in [0.15, 0.2) is 56.6 Å². The molecule has 0 aliphatic carbocycles. The summed E-state index contributed by atoms with van der Waals surface area (Å²) < 4.78 is 39.8. The maximum Gasteiger partial charge on any atom is 0.419 e. The predicted octanol–water partition coefficient (Wildman–Crippen LogP) is 1.77. The van der Waals surface area contributed by atoms with E-state index < -0.39 is 15.8 Å². The fraction of sp³-hybridized carbons (Fsp3) is 0.278. The van der Waals surface area contributed by atoms with Crippen molar-refractivity contribution in [2.75, 3.05) is 35.9 Å². The number of oxazole rings is 1. The van der Waals surface area contributed by atoms with Gasteiger partial charge in [-0.2, -0.15) is 0 Å². The largest absolute Gasteiger partial charge is 0.419 e. The Kier molecular flexibility index (Phi) is 4.40. The van der Waals surface area contributed by atoms with Crippen molar-refractivity contribution in [2.45, 2.75) is 4.90 Å². The van der Waals surface area contributed by atoms with Crippen LogP contribution in [0.2, 0.25) is 0 Å². The van der Waals surface area contributed by atoms with Gasteiger partial charge in [-0.3, -0.25) is 9.29 Å². The molecule has 3 aromatic rings. The fourth-order valence-corrected chi connectivity index (χ4v) is 4.15. The number of fused-ring (bicyclic) bond motifs is 1. The van der Waals surface area contributed by atoms with Crippen LogP contribution in [-0.2, 0) is 21.8 Å². The lowest BCUT2D eigenvalue weighted by Gasteiger charge is -2.29. The topological polar surface area (TPSA) is 93.8 Å². The maximum atomic E-state index is 12.8. The van der Waals surface area contributed by atoms with Gasteiger partial charge in [0, 0.05) is 31.9 Å². The summed E-state index contributed by atoms with van der Waals surface area (Å²) in [7, 11) is -2.25. The second-order valence-corrected chi connectivity index (χ2v) is 7.99. The Hall–Kier alpha value is -2.78. The van der Waals surface area contributed by atoms with Crippen LogP contribution < -0.4 is 15.4 Å². The molecule has 1 aliphatic rings. The van der Waals surface area contributed by atoms with Crippen molar-refractivity contribution < 1.29 is 17.6 Å². The van der Waals surface area contributed by atoms with E-state index in [1.165, 1.54) is 16.7 Å². The van der Waals surface area contributed by atoms with E-state index >= 15 is 0 Å². The fourth-order valence-electron chi connectivity index (χ4n) is 3.08.